The van der Waals surface area contributed by atoms with Gasteiger partial charge in [0.25, 0.3) is 17.0 Å². The van der Waals surface area contributed by atoms with E-state index in [1.54, 1.807) is 24.3 Å². The lowest BCUT2D eigenvalue weighted by Gasteiger charge is -2.36. The van der Waals surface area contributed by atoms with Gasteiger partial charge in [-0.2, -0.15) is 0 Å². The number of fused-ring (bicyclic) bond motifs is 1. The minimum atomic E-state index is -0.662. The number of carbonyl (C=O) groups excluding carboxylic acids is 2. The Morgan fingerprint density at radius 2 is 1.27 bits per heavy atom. The molecule has 51 heavy (non-hydrogen) atoms. The standard InChI is InChI=1S/C42H34N2O6S/c45-25-28-17-19-29(20-18-28)36-23-33(26-51-42-43-37(30-9-3-1-4-10-30)38(50-42)31-11-5-2-6-12-31)48-41(49-36)32-21-15-27(16-22-32)24-44-39(46)34-13-7-8-14-35(34)40(44)47/h1-22,33,36,41,45H,23-26H2/t33-,36+,41+/m1/s1. The molecule has 9 heteroatoms. The number of amides is 2. The van der Waals surface area contributed by atoms with E-state index < -0.39 is 6.29 Å². The van der Waals surface area contributed by atoms with Gasteiger partial charge < -0.3 is 19.0 Å². The maximum Gasteiger partial charge on any atom is 0.261 e. The third kappa shape index (κ3) is 6.89. The highest BCUT2D eigenvalue weighted by molar-refractivity contribution is 7.99. The zero-order valence-corrected chi connectivity index (χ0v) is 28.4. The lowest BCUT2D eigenvalue weighted by atomic mass is 10.0. The summed E-state index contributed by atoms with van der Waals surface area (Å²) in [6, 6.07) is 42.4. The van der Waals surface area contributed by atoms with Crippen molar-refractivity contribution >= 4 is 23.6 Å². The minimum absolute atomic E-state index is 0.0318. The number of ether oxygens (including phenoxy) is 2. The number of hydrogen-bond donors (Lipinski definition) is 1. The number of nitrogens with zero attached hydrogens (tertiary/aromatic N) is 2. The van der Waals surface area contributed by atoms with Gasteiger partial charge in [-0.1, -0.05) is 133 Å². The molecule has 1 aromatic heterocycles. The van der Waals surface area contributed by atoms with Crippen LogP contribution in [0.25, 0.3) is 22.6 Å². The van der Waals surface area contributed by atoms with Crippen LogP contribution in [0.3, 0.4) is 0 Å². The molecule has 0 radical (unpaired) electrons. The van der Waals surface area contributed by atoms with Gasteiger partial charge >= 0.3 is 0 Å². The lowest BCUT2D eigenvalue weighted by Crippen LogP contribution is -2.31. The molecular weight excluding hydrogens is 661 g/mol. The Kier molecular flexibility index (Phi) is 9.34. The van der Waals surface area contributed by atoms with Crippen LogP contribution in [0.15, 0.2) is 143 Å². The molecule has 1 fully saturated rings. The van der Waals surface area contributed by atoms with Crippen LogP contribution in [0.4, 0.5) is 0 Å². The van der Waals surface area contributed by atoms with Crippen molar-refractivity contribution in [2.24, 2.45) is 0 Å². The maximum atomic E-state index is 12.9. The van der Waals surface area contributed by atoms with Gasteiger partial charge in [-0.15, -0.1) is 0 Å². The van der Waals surface area contributed by atoms with E-state index in [9.17, 15) is 14.7 Å². The molecule has 5 aromatic carbocycles. The van der Waals surface area contributed by atoms with Gasteiger partial charge in [0.1, 0.15) is 5.69 Å². The molecule has 0 bridgehead atoms. The molecule has 0 saturated carbocycles. The number of thioether (sulfide) groups is 1. The number of benzene rings is 5. The van der Waals surface area contributed by atoms with Crippen molar-refractivity contribution in [3.63, 3.8) is 0 Å². The van der Waals surface area contributed by atoms with Crippen molar-refractivity contribution in [3.05, 3.63) is 167 Å². The topological polar surface area (TPSA) is 102 Å². The summed E-state index contributed by atoms with van der Waals surface area (Å²) in [7, 11) is 0. The quantitative estimate of drug-likeness (QED) is 0.112. The molecule has 6 aromatic rings. The van der Waals surface area contributed by atoms with E-state index in [-0.39, 0.29) is 37.2 Å². The second-order valence-electron chi connectivity index (χ2n) is 12.5. The van der Waals surface area contributed by atoms with Crippen molar-refractivity contribution in [2.75, 3.05) is 5.75 Å². The number of aliphatic hydroxyl groups excluding tert-OH is 1. The van der Waals surface area contributed by atoms with E-state index in [0.29, 0.717) is 28.5 Å². The molecule has 2 aliphatic heterocycles. The van der Waals surface area contributed by atoms with Crippen LogP contribution in [0.1, 0.15) is 61.8 Å². The second-order valence-corrected chi connectivity index (χ2v) is 13.5. The van der Waals surface area contributed by atoms with E-state index in [1.165, 1.54) is 16.7 Å². The number of imide groups is 1. The monoisotopic (exact) mass is 694 g/mol. The molecule has 3 atom stereocenters. The van der Waals surface area contributed by atoms with Crippen molar-refractivity contribution in [1.29, 1.82) is 0 Å². The summed E-state index contributed by atoms with van der Waals surface area (Å²) in [6.45, 7) is 0.139. The lowest BCUT2D eigenvalue weighted by molar-refractivity contribution is -0.245. The fraction of sp³-hybridized carbons (Fsp3) is 0.167. The Bertz CT molecular complexity index is 2060. The van der Waals surface area contributed by atoms with Crippen LogP contribution in [-0.4, -0.2) is 38.7 Å². The second kappa shape index (κ2) is 14.5. The largest absolute Gasteiger partial charge is 0.431 e. The third-order valence-electron chi connectivity index (χ3n) is 9.17. The molecule has 8 rings (SSSR count). The average Bonchev–Trinajstić information content (AvgIpc) is 3.73. The first-order chi connectivity index (χ1) is 25.0. The molecule has 0 spiro atoms. The first-order valence-corrected chi connectivity index (χ1v) is 17.8. The predicted octanol–water partition coefficient (Wildman–Crippen LogP) is 8.63. The summed E-state index contributed by atoms with van der Waals surface area (Å²) < 4.78 is 19.5. The van der Waals surface area contributed by atoms with Crippen LogP contribution in [0, 0.1) is 0 Å². The zero-order valence-electron chi connectivity index (χ0n) is 27.6. The summed E-state index contributed by atoms with van der Waals surface area (Å²) >= 11 is 1.51. The number of aliphatic hydroxyl groups is 1. The van der Waals surface area contributed by atoms with Crippen LogP contribution >= 0.6 is 11.8 Å². The van der Waals surface area contributed by atoms with Crippen molar-refractivity contribution in [3.8, 4) is 22.6 Å². The highest BCUT2D eigenvalue weighted by atomic mass is 32.2. The molecule has 1 N–H and O–H groups in total. The number of oxazole rings is 1. The number of rotatable bonds is 10. The highest BCUT2D eigenvalue weighted by Crippen LogP contribution is 2.41. The molecule has 2 aliphatic rings. The van der Waals surface area contributed by atoms with Gasteiger partial charge in [0, 0.05) is 28.9 Å². The van der Waals surface area contributed by atoms with E-state index in [4.69, 9.17) is 18.9 Å². The highest BCUT2D eigenvalue weighted by Gasteiger charge is 2.36. The van der Waals surface area contributed by atoms with E-state index in [1.807, 2.05) is 109 Å². The first kappa shape index (κ1) is 32.9. The van der Waals surface area contributed by atoms with Gasteiger partial charge in [-0.3, -0.25) is 14.5 Å². The van der Waals surface area contributed by atoms with Gasteiger partial charge in [-0.05, 0) is 28.8 Å². The first-order valence-electron chi connectivity index (χ1n) is 16.8. The molecule has 0 aliphatic carbocycles. The average molecular weight is 695 g/mol. The Morgan fingerprint density at radius 1 is 0.686 bits per heavy atom. The Hall–Kier alpha value is -5.32. The maximum absolute atomic E-state index is 12.9. The van der Waals surface area contributed by atoms with Crippen LogP contribution in [0.5, 0.6) is 0 Å². The molecule has 254 valence electrons. The Labute approximate surface area is 299 Å². The molecule has 2 amide bonds. The van der Waals surface area contributed by atoms with E-state index in [0.717, 1.165) is 44.8 Å². The third-order valence-corrected chi connectivity index (χ3v) is 10.1. The summed E-state index contributed by atoms with van der Waals surface area (Å²) in [5.41, 5.74) is 7.05. The van der Waals surface area contributed by atoms with E-state index >= 15 is 0 Å². The van der Waals surface area contributed by atoms with Gasteiger partial charge in [0.05, 0.1) is 36.5 Å². The number of hydrogen-bond acceptors (Lipinski definition) is 8. The van der Waals surface area contributed by atoms with E-state index in [2.05, 4.69) is 0 Å². The smallest absolute Gasteiger partial charge is 0.261 e. The Balaban J connectivity index is 1.02. The number of aromatic nitrogens is 1. The molecule has 0 unspecified atom stereocenters. The normalized spacial score (nSPS) is 18.6. The molecule has 3 heterocycles. The van der Waals surface area contributed by atoms with Crippen molar-refractivity contribution < 1.29 is 28.6 Å². The van der Waals surface area contributed by atoms with Gasteiger partial charge in [0.2, 0.25) is 0 Å². The predicted molar refractivity (Wildman–Crippen MR) is 194 cm³/mol. The van der Waals surface area contributed by atoms with Crippen LogP contribution in [0.2, 0.25) is 0 Å². The fourth-order valence-electron chi connectivity index (χ4n) is 6.47. The van der Waals surface area contributed by atoms with Crippen molar-refractivity contribution in [2.45, 2.75) is 43.3 Å². The fourth-order valence-corrected chi connectivity index (χ4v) is 7.31. The van der Waals surface area contributed by atoms with Crippen LogP contribution in [-0.2, 0) is 22.6 Å². The summed E-state index contributed by atoms with van der Waals surface area (Å²) in [4.78, 5) is 32.1. The summed E-state index contributed by atoms with van der Waals surface area (Å²) in [5.74, 6) is 0.725. The minimum Gasteiger partial charge on any atom is -0.431 e. The SMILES string of the molecule is O=C1c2ccccc2C(=O)N1Cc1ccc([C@H]2O[C@@H](CSc3nc(-c4ccccc4)c(-c4ccccc4)o3)C[C@@H](c3ccc(CO)cc3)O2)cc1. The molecular formula is C42H34N2O6S. The van der Waals surface area contributed by atoms with Crippen LogP contribution < -0.4 is 0 Å². The van der Waals surface area contributed by atoms with Gasteiger partial charge in [0.15, 0.2) is 12.1 Å². The van der Waals surface area contributed by atoms with Crippen molar-refractivity contribution in [1.82, 2.24) is 9.88 Å². The molecule has 8 nitrogen and oxygen atoms in total. The zero-order chi connectivity index (χ0) is 34.7. The summed E-state index contributed by atoms with van der Waals surface area (Å²) in [6.07, 6.45) is -0.520. The molecule has 1 saturated heterocycles. The summed E-state index contributed by atoms with van der Waals surface area (Å²) in [5, 5.41) is 10.2. The number of carbonyl (C=O) groups is 2. The Morgan fingerprint density at radius 3 is 1.92 bits per heavy atom. The van der Waals surface area contributed by atoms with Gasteiger partial charge in [-0.25, -0.2) is 4.98 Å².